The predicted molar refractivity (Wildman–Crippen MR) is 81.6 cm³/mol. The summed E-state index contributed by atoms with van der Waals surface area (Å²) in [6, 6.07) is 7.09. The molecular weight excluding hydrogens is 266 g/mol. The number of amides is 2. The predicted octanol–water partition coefficient (Wildman–Crippen LogP) is 1.08. The Labute approximate surface area is 125 Å². The zero-order valence-electron chi connectivity index (χ0n) is 12.7. The molecule has 1 aliphatic rings. The van der Waals surface area contributed by atoms with Crippen molar-refractivity contribution in [1.29, 1.82) is 0 Å². The van der Waals surface area contributed by atoms with Gasteiger partial charge in [-0.05, 0) is 18.9 Å². The fourth-order valence-electron chi connectivity index (χ4n) is 2.57. The van der Waals surface area contributed by atoms with Crippen LogP contribution in [0.2, 0.25) is 0 Å². The summed E-state index contributed by atoms with van der Waals surface area (Å²) >= 11 is 0. The van der Waals surface area contributed by atoms with E-state index >= 15 is 0 Å². The number of hydrogen-bond acceptors (Lipinski definition) is 3. The topological polar surface area (TPSA) is 66.6 Å². The molecule has 1 fully saturated rings. The second-order valence-corrected chi connectivity index (χ2v) is 5.57. The minimum absolute atomic E-state index is 0.0622. The van der Waals surface area contributed by atoms with Crippen LogP contribution < -0.4 is 5.73 Å². The Bertz CT molecular complexity index is 513. The van der Waals surface area contributed by atoms with Gasteiger partial charge in [0.15, 0.2) is 0 Å². The maximum absolute atomic E-state index is 12.5. The van der Waals surface area contributed by atoms with Gasteiger partial charge in [-0.2, -0.15) is 0 Å². The second kappa shape index (κ2) is 6.72. The molecule has 1 aromatic carbocycles. The number of carbonyl (C=O) groups is 2. The molecule has 0 aliphatic carbocycles. The molecular formula is C16H23N3O2. The van der Waals surface area contributed by atoms with Crippen molar-refractivity contribution in [2.45, 2.75) is 26.3 Å². The number of carbonyl (C=O) groups excluding carboxylic acids is 2. The third kappa shape index (κ3) is 3.82. The van der Waals surface area contributed by atoms with Crippen LogP contribution in [0.1, 0.15) is 30.5 Å². The molecule has 1 unspecified atom stereocenters. The Morgan fingerprint density at radius 1 is 1.05 bits per heavy atom. The van der Waals surface area contributed by atoms with E-state index in [0.717, 1.165) is 17.5 Å². The third-order valence-electron chi connectivity index (χ3n) is 3.96. The smallest absolute Gasteiger partial charge is 0.244 e. The first-order chi connectivity index (χ1) is 9.99. The summed E-state index contributed by atoms with van der Waals surface area (Å²) in [6.07, 6.45) is 0.798. The number of hydrogen-bond donors (Lipinski definition) is 1. The number of nitrogens with two attached hydrogens (primary N) is 1. The van der Waals surface area contributed by atoms with Gasteiger partial charge in [0.25, 0.3) is 0 Å². The molecule has 5 heteroatoms. The Kier molecular flexibility index (Phi) is 4.96. The van der Waals surface area contributed by atoms with Gasteiger partial charge in [-0.1, -0.05) is 29.8 Å². The van der Waals surface area contributed by atoms with Crippen LogP contribution in [-0.4, -0.2) is 47.8 Å². The molecule has 0 aromatic heterocycles. The minimum Gasteiger partial charge on any atom is -0.341 e. The van der Waals surface area contributed by atoms with Crippen molar-refractivity contribution < 1.29 is 9.59 Å². The molecule has 2 N–H and O–H groups in total. The van der Waals surface area contributed by atoms with E-state index in [0.29, 0.717) is 26.2 Å². The monoisotopic (exact) mass is 289 g/mol. The molecule has 2 rings (SSSR count). The average molecular weight is 289 g/mol. The van der Waals surface area contributed by atoms with Crippen LogP contribution in [0.5, 0.6) is 0 Å². The van der Waals surface area contributed by atoms with Gasteiger partial charge in [-0.25, -0.2) is 0 Å². The Morgan fingerprint density at radius 2 is 1.62 bits per heavy atom. The summed E-state index contributed by atoms with van der Waals surface area (Å²) in [5.41, 5.74) is 8.07. The van der Waals surface area contributed by atoms with E-state index in [2.05, 4.69) is 0 Å². The van der Waals surface area contributed by atoms with Crippen LogP contribution in [0.4, 0.5) is 0 Å². The zero-order chi connectivity index (χ0) is 15.4. The van der Waals surface area contributed by atoms with Crippen molar-refractivity contribution in [2.75, 3.05) is 26.2 Å². The van der Waals surface area contributed by atoms with Crippen LogP contribution in [-0.2, 0) is 9.59 Å². The first-order valence-electron chi connectivity index (χ1n) is 7.35. The highest BCUT2D eigenvalue weighted by Gasteiger charge is 2.25. The van der Waals surface area contributed by atoms with Gasteiger partial charge >= 0.3 is 0 Å². The maximum Gasteiger partial charge on any atom is 0.244 e. The third-order valence-corrected chi connectivity index (χ3v) is 3.96. The fraction of sp³-hybridized carbons (Fsp3) is 0.500. The van der Waals surface area contributed by atoms with Gasteiger partial charge in [0.2, 0.25) is 11.8 Å². The standard InChI is InChI=1S/C16H23N3O2/c1-12-4-6-14(7-5-12)15(17)16(21)19-9-3-8-18(10-11-19)13(2)20/h4-7,15H,3,8-11,17H2,1-2H3. The largest absolute Gasteiger partial charge is 0.341 e. The molecule has 114 valence electrons. The van der Waals surface area contributed by atoms with Gasteiger partial charge in [-0.3, -0.25) is 9.59 Å². The number of nitrogens with zero attached hydrogens (tertiary/aromatic N) is 2. The second-order valence-electron chi connectivity index (χ2n) is 5.57. The molecule has 1 atom stereocenters. The summed E-state index contributed by atoms with van der Waals surface area (Å²) < 4.78 is 0. The molecule has 1 heterocycles. The summed E-state index contributed by atoms with van der Waals surface area (Å²) in [7, 11) is 0. The molecule has 1 saturated heterocycles. The SMILES string of the molecule is CC(=O)N1CCCN(C(=O)C(N)c2ccc(C)cc2)CC1. The first kappa shape index (κ1) is 15.5. The van der Waals surface area contributed by atoms with Crippen LogP contribution >= 0.6 is 0 Å². The average Bonchev–Trinajstić information content (AvgIpc) is 2.72. The molecule has 1 aromatic rings. The molecule has 0 spiro atoms. The van der Waals surface area contributed by atoms with Crippen LogP contribution in [0.3, 0.4) is 0 Å². The van der Waals surface area contributed by atoms with E-state index < -0.39 is 6.04 Å². The molecule has 21 heavy (non-hydrogen) atoms. The number of benzene rings is 1. The van der Waals surface area contributed by atoms with Crippen molar-refractivity contribution in [3.8, 4) is 0 Å². The fourth-order valence-corrected chi connectivity index (χ4v) is 2.57. The first-order valence-corrected chi connectivity index (χ1v) is 7.35. The number of aryl methyl sites for hydroxylation is 1. The van der Waals surface area contributed by atoms with Crippen molar-refractivity contribution in [3.63, 3.8) is 0 Å². The summed E-state index contributed by atoms with van der Waals surface area (Å²) in [6.45, 7) is 6.07. The highest BCUT2D eigenvalue weighted by atomic mass is 16.2. The zero-order valence-corrected chi connectivity index (χ0v) is 12.7. The Hall–Kier alpha value is -1.88. The highest BCUT2D eigenvalue weighted by Crippen LogP contribution is 2.15. The van der Waals surface area contributed by atoms with E-state index in [4.69, 9.17) is 5.73 Å². The van der Waals surface area contributed by atoms with Crippen LogP contribution in [0.25, 0.3) is 0 Å². The van der Waals surface area contributed by atoms with Crippen molar-refractivity contribution in [3.05, 3.63) is 35.4 Å². The van der Waals surface area contributed by atoms with Gasteiger partial charge in [0.1, 0.15) is 6.04 Å². The lowest BCUT2D eigenvalue weighted by Gasteiger charge is -2.24. The lowest BCUT2D eigenvalue weighted by atomic mass is 10.0. The van der Waals surface area contributed by atoms with E-state index in [9.17, 15) is 9.59 Å². The molecule has 1 aliphatic heterocycles. The van der Waals surface area contributed by atoms with E-state index in [-0.39, 0.29) is 11.8 Å². The van der Waals surface area contributed by atoms with Crippen molar-refractivity contribution >= 4 is 11.8 Å². The van der Waals surface area contributed by atoms with E-state index in [1.165, 1.54) is 0 Å². The van der Waals surface area contributed by atoms with Crippen molar-refractivity contribution in [2.24, 2.45) is 5.73 Å². The van der Waals surface area contributed by atoms with Crippen LogP contribution in [0, 0.1) is 6.92 Å². The van der Waals surface area contributed by atoms with Gasteiger partial charge in [0, 0.05) is 33.1 Å². The van der Waals surface area contributed by atoms with Gasteiger partial charge in [0.05, 0.1) is 0 Å². The van der Waals surface area contributed by atoms with E-state index in [1.807, 2.05) is 31.2 Å². The summed E-state index contributed by atoms with van der Waals surface area (Å²) in [5, 5.41) is 0. The van der Waals surface area contributed by atoms with Crippen LogP contribution in [0.15, 0.2) is 24.3 Å². The maximum atomic E-state index is 12.5. The number of rotatable bonds is 2. The lowest BCUT2D eigenvalue weighted by molar-refractivity contribution is -0.133. The minimum atomic E-state index is -0.630. The molecule has 5 nitrogen and oxygen atoms in total. The van der Waals surface area contributed by atoms with Gasteiger partial charge < -0.3 is 15.5 Å². The summed E-state index contributed by atoms with van der Waals surface area (Å²) in [4.78, 5) is 27.5. The molecule has 0 radical (unpaired) electrons. The summed E-state index contributed by atoms with van der Waals surface area (Å²) in [5.74, 6) is -0.00335. The Morgan fingerprint density at radius 3 is 2.24 bits per heavy atom. The normalized spacial score (nSPS) is 17.3. The van der Waals surface area contributed by atoms with E-state index in [1.54, 1.807) is 16.7 Å². The lowest BCUT2D eigenvalue weighted by Crippen LogP contribution is -2.41. The quantitative estimate of drug-likeness (QED) is 0.886. The Balaban J connectivity index is 2.02. The van der Waals surface area contributed by atoms with Crippen molar-refractivity contribution in [1.82, 2.24) is 9.80 Å². The highest BCUT2D eigenvalue weighted by molar-refractivity contribution is 5.83. The molecule has 0 saturated carbocycles. The molecule has 0 bridgehead atoms. The van der Waals surface area contributed by atoms with Gasteiger partial charge in [-0.15, -0.1) is 0 Å². The molecule has 2 amide bonds.